The third kappa shape index (κ3) is 3.91. The summed E-state index contributed by atoms with van der Waals surface area (Å²) in [6, 6.07) is 4.10. The highest BCUT2D eigenvalue weighted by atomic mass is 35.5. The summed E-state index contributed by atoms with van der Waals surface area (Å²) in [6.45, 7) is 8.10. The van der Waals surface area contributed by atoms with Crippen molar-refractivity contribution < 1.29 is 9.53 Å². The number of halogens is 1. The van der Waals surface area contributed by atoms with E-state index >= 15 is 0 Å². The van der Waals surface area contributed by atoms with Gasteiger partial charge >= 0.3 is 0 Å². The zero-order valence-electron chi connectivity index (χ0n) is 13.4. The minimum absolute atomic E-state index is 0. The monoisotopic (exact) mass is 311 g/mol. The molecule has 21 heavy (non-hydrogen) atoms. The van der Waals surface area contributed by atoms with Crippen LogP contribution in [0.15, 0.2) is 12.1 Å². The first-order chi connectivity index (χ1) is 9.54. The van der Waals surface area contributed by atoms with Crippen LogP contribution < -0.4 is 4.74 Å². The van der Waals surface area contributed by atoms with Crippen molar-refractivity contribution in [2.45, 2.75) is 40.0 Å². The Bertz CT molecular complexity index is 496. The zero-order valence-corrected chi connectivity index (χ0v) is 14.3. The lowest BCUT2D eigenvalue weighted by molar-refractivity contribution is -0.133. The Balaban J connectivity index is 0.00000220. The average molecular weight is 312 g/mol. The second-order valence-electron chi connectivity index (χ2n) is 5.81. The number of ether oxygens (including phenoxy) is 1. The van der Waals surface area contributed by atoms with Crippen molar-refractivity contribution in [2.75, 3.05) is 20.2 Å². The highest BCUT2D eigenvalue weighted by Gasteiger charge is 2.23. The molecule has 1 amide bonds. The van der Waals surface area contributed by atoms with Crippen LogP contribution in [-0.4, -0.2) is 31.0 Å². The third-order valence-electron chi connectivity index (χ3n) is 4.43. The molecule has 1 aromatic rings. The van der Waals surface area contributed by atoms with Gasteiger partial charge in [-0.2, -0.15) is 0 Å². The molecule has 0 aromatic heterocycles. The van der Waals surface area contributed by atoms with Gasteiger partial charge in [-0.25, -0.2) is 0 Å². The topological polar surface area (TPSA) is 29.5 Å². The van der Waals surface area contributed by atoms with Gasteiger partial charge in [0, 0.05) is 19.0 Å². The first-order valence-electron chi connectivity index (χ1n) is 7.46. The summed E-state index contributed by atoms with van der Waals surface area (Å²) in [5, 5.41) is 0. The summed E-state index contributed by atoms with van der Waals surface area (Å²) >= 11 is 0. The number of nitrogens with zero attached hydrogens (tertiary/aromatic N) is 1. The molecule has 0 bridgehead atoms. The fourth-order valence-electron chi connectivity index (χ4n) is 2.96. The van der Waals surface area contributed by atoms with E-state index in [2.05, 4.69) is 19.9 Å². The van der Waals surface area contributed by atoms with Crippen LogP contribution in [0, 0.1) is 19.8 Å². The molecule has 1 heterocycles. The summed E-state index contributed by atoms with van der Waals surface area (Å²) in [4.78, 5) is 14.4. The predicted octanol–water partition coefficient (Wildman–Crippen LogP) is 3.53. The molecule has 1 unspecified atom stereocenters. The van der Waals surface area contributed by atoms with E-state index in [1.165, 1.54) is 16.7 Å². The van der Waals surface area contributed by atoms with E-state index in [0.717, 1.165) is 38.1 Å². The Labute approximate surface area is 134 Å². The lowest BCUT2D eigenvalue weighted by Gasteiger charge is -2.21. The maximum absolute atomic E-state index is 12.4. The SMILES string of the molecule is COc1ccc(CC(C)C(=O)N2CCCC2)c(C)c1C.Cl. The van der Waals surface area contributed by atoms with Gasteiger partial charge in [0.25, 0.3) is 0 Å². The molecular weight excluding hydrogens is 286 g/mol. The van der Waals surface area contributed by atoms with Crippen LogP contribution in [0.5, 0.6) is 5.75 Å². The first-order valence-corrected chi connectivity index (χ1v) is 7.46. The van der Waals surface area contributed by atoms with Crippen molar-refractivity contribution >= 4 is 18.3 Å². The number of amides is 1. The summed E-state index contributed by atoms with van der Waals surface area (Å²) in [6.07, 6.45) is 3.12. The van der Waals surface area contributed by atoms with Gasteiger partial charge in [0.15, 0.2) is 0 Å². The fourth-order valence-corrected chi connectivity index (χ4v) is 2.96. The number of hydrogen-bond acceptors (Lipinski definition) is 2. The third-order valence-corrected chi connectivity index (χ3v) is 4.43. The van der Waals surface area contributed by atoms with Gasteiger partial charge in [-0.15, -0.1) is 12.4 Å². The van der Waals surface area contributed by atoms with Crippen LogP contribution in [0.4, 0.5) is 0 Å². The Kier molecular flexibility index (Phi) is 6.53. The molecule has 0 saturated carbocycles. The van der Waals surface area contributed by atoms with Gasteiger partial charge in [0.1, 0.15) is 5.75 Å². The molecule has 118 valence electrons. The summed E-state index contributed by atoms with van der Waals surface area (Å²) in [5.41, 5.74) is 3.67. The van der Waals surface area contributed by atoms with Crippen LogP contribution in [0.25, 0.3) is 0 Å². The van der Waals surface area contributed by atoms with Gasteiger partial charge in [-0.1, -0.05) is 13.0 Å². The maximum atomic E-state index is 12.4. The second-order valence-corrected chi connectivity index (χ2v) is 5.81. The van der Waals surface area contributed by atoms with E-state index in [1.807, 2.05) is 17.9 Å². The molecule has 1 aromatic carbocycles. The van der Waals surface area contributed by atoms with Crippen LogP contribution in [0.1, 0.15) is 36.5 Å². The van der Waals surface area contributed by atoms with Crippen molar-refractivity contribution in [1.82, 2.24) is 4.90 Å². The Hall–Kier alpha value is -1.22. The van der Waals surface area contributed by atoms with Crippen molar-refractivity contribution in [3.8, 4) is 5.75 Å². The van der Waals surface area contributed by atoms with E-state index in [1.54, 1.807) is 7.11 Å². The molecule has 4 heteroatoms. The highest BCUT2D eigenvalue weighted by Crippen LogP contribution is 2.26. The maximum Gasteiger partial charge on any atom is 0.225 e. The molecule has 1 fully saturated rings. The van der Waals surface area contributed by atoms with E-state index in [-0.39, 0.29) is 18.3 Å². The largest absolute Gasteiger partial charge is 0.496 e. The molecule has 1 atom stereocenters. The summed E-state index contributed by atoms with van der Waals surface area (Å²) in [5.74, 6) is 1.28. The molecule has 2 rings (SSSR count). The first kappa shape index (κ1) is 17.8. The second kappa shape index (κ2) is 7.69. The molecule has 1 saturated heterocycles. The number of benzene rings is 1. The molecule has 0 aliphatic carbocycles. The quantitative estimate of drug-likeness (QED) is 0.851. The molecule has 1 aliphatic heterocycles. The van der Waals surface area contributed by atoms with Crippen LogP contribution in [0.2, 0.25) is 0 Å². The number of methoxy groups -OCH3 is 1. The number of hydrogen-bond donors (Lipinski definition) is 0. The number of carbonyl (C=O) groups is 1. The summed E-state index contributed by atoms with van der Waals surface area (Å²) < 4.78 is 5.34. The minimum Gasteiger partial charge on any atom is -0.496 e. The number of rotatable bonds is 4. The smallest absolute Gasteiger partial charge is 0.225 e. The minimum atomic E-state index is 0. The van der Waals surface area contributed by atoms with E-state index in [4.69, 9.17) is 4.74 Å². The predicted molar refractivity (Wildman–Crippen MR) is 88.4 cm³/mol. The van der Waals surface area contributed by atoms with Gasteiger partial charge in [-0.05, 0) is 55.9 Å². The average Bonchev–Trinajstić information content (AvgIpc) is 2.97. The molecular formula is C17H26ClNO2. The van der Waals surface area contributed by atoms with Crippen molar-refractivity contribution in [2.24, 2.45) is 5.92 Å². The standard InChI is InChI=1S/C17H25NO2.ClH/c1-12(17(19)18-9-5-6-10-18)11-15-7-8-16(20-4)14(3)13(15)2;/h7-8,12H,5-6,9-11H2,1-4H3;1H. The lowest BCUT2D eigenvalue weighted by atomic mass is 9.93. The summed E-state index contributed by atoms with van der Waals surface area (Å²) in [7, 11) is 1.70. The highest BCUT2D eigenvalue weighted by molar-refractivity contribution is 5.85. The Morgan fingerprint density at radius 2 is 1.86 bits per heavy atom. The Morgan fingerprint density at radius 1 is 1.24 bits per heavy atom. The van der Waals surface area contributed by atoms with Gasteiger partial charge in [0.05, 0.1) is 7.11 Å². The van der Waals surface area contributed by atoms with Crippen LogP contribution in [0.3, 0.4) is 0 Å². The molecule has 0 N–H and O–H groups in total. The molecule has 1 aliphatic rings. The van der Waals surface area contributed by atoms with Crippen molar-refractivity contribution in [3.05, 3.63) is 28.8 Å². The number of likely N-dealkylation sites (tertiary alicyclic amines) is 1. The van der Waals surface area contributed by atoms with Gasteiger partial charge in [-0.3, -0.25) is 4.79 Å². The normalized spacial score (nSPS) is 15.5. The van der Waals surface area contributed by atoms with Crippen LogP contribution >= 0.6 is 12.4 Å². The van der Waals surface area contributed by atoms with Crippen molar-refractivity contribution in [3.63, 3.8) is 0 Å². The van der Waals surface area contributed by atoms with Gasteiger partial charge < -0.3 is 9.64 Å². The Morgan fingerprint density at radius 3 is 2.43 bits per heavy atom. The molecule has 0 spiro atoms. The van der Waals surface area contributed by atoms with E-state index < -0.39 is 0 Å². The van der Waals surface area contributed by atoms with E-state index in [9.17, 15) is 4.79 Å². The molecule has 3 nitrogen and oxygen atoms in total. The van der Waals surface area contributed by atoms with E-state index in [0.29, 0.717) is 5.91 Å². The van der Waals surface area contributed by atoms with Gasteiger partial charge in [0.2, 0.25) is 5.91 Å². The number of carbonyl (C=O) groups excluding carboxylic acids is 1. The van der Waals surface area contributed by atoms with Crippen LogP contribution in [-0.2, 0) is 11.2 Å². The fraction of sp³-hybridized carbons (Fsp3) is 0.588. The lowest BCUT2D eigenvalue weighted by Crippen LogP contribution is -2.33. The van der Waals surface area contributed by atoms with Crippen molar-refractivity contribution in [1.29, 1.82) is 0 Å². The zero-order chi connectivity index (χ0) is 14.7. The molecule has 0 radical (unpaired) electrons.